The number of nitrogens with zero attached hydrogens (tertiary/aromatic N) is 5. The normalized spacial score (nSPS) is 14.6. The number of hydrogen-bond donors (Lipinski definition) is 1. The number of benzene rings is 2. The minimum atomic E-state index is -0.302. The van der Waals surface area contributed by atoms with Crippen LogP contribution in [0, 0.1) is 5.82 Å². The van der Waals surface area contributed by atoms with Gasteiger partial charge in [0.15, 0.2) is 5.65 Å². The van der Waals surface area contributed by atoms with Crippen LogP contribution >= 0.6 is 0 Å². The summed E-state index contributed by atoms with van der Waals surface area (Å²) in [6, 6.07) is 19.6. The van der Waals surface area contributed by atoms with E-state index in [0.29, 0.717) is 31.0 Å². The Morgan fingerprint density at radius 1 is 0.969 bits per heavy atom. The summed E-state index contributed by atoms with van der Waals surface area (Å²) < 4.78 is 15.8. The number of carbonyl (C=O) groups is 1. The Balaban J connectivity index is 1.31. The highest BCUT2D eigenvalue weighted by Crippen LogP contribution is 2.22. The van der Waals surface area contributed by atoms with E-state index in [1.165, 1.54) is 12.1 Å². The van der Waals surface area contributed by atoms with Gasteiger partial charge in [-0.3, -0.25) is 9.47 Å². The zero-order valence-corrected chi connectivity index (χ0v) is 17.5. The number of anilines is 1. The highest BCUT2D eigenvalue weighted by molar-refractivity contribution is 5.89. The molecule has 1 saturated heterocycles. The third-order valence-electron chi connectivity index (χ3n) is 5.60. The van der Waals surface area contributed by atoms with Crippen LogP contribution in [0.3, 0.4) is 0 Å². The maximum absolute atomic E-state index is 13.9. The molecule has 1 fully saturated rings. The highest BCUT2D eigenvalue weighted by atomic mass is 19.1. The van der Waals surface area contributed by atoms with E-state index in [1.54, 1.807) is 12.3 Å². The van der Waals surface area contributed by atoms with E-state index in [-0.39, 0.29) is 11.8 Å². The number of piperazine rings is 1. The number of nitrogens with one attached hydrogen (secondary N) is 1. The largest absolute Gasteiger partial charge is 0.322 e. The van der Waals surface area contributed by atoms with Crippen molar-refractivity contribution in [2.45, 2.75) is 6.54 Å². The number of halogens is 1. The van der Waals surface area contributed by atoms with Crippen molar-refractivity contribution in [1.29, 1.82) is 0 Å². The van der Waals surface area contributed by atoms with E-state index < -0.39 is 0 Å². The van der Waals surface area contributed by atoms with Crippen LogP contribution in [0.4, 0.5) is 14.9 Å². The molecule has 2 aromatic carbocycles. The van der Waals surface area contributed by atoms with Crippen LogP contribution in [-0.2, 0) is 6.54 Å². The maximum atomic E-state index is 13.9. The molecule has 0 aliphatic carbocycles. The second-order valence-electron chi connectivity index (χ2n) is 7.75. The van der Waals surface area contributed by atoms with Gasteiger partial charge in [-0.2, -0.15) is 0 Å². The molecule has 7 nitrogen and oxygen atoms in total. The minimum Gasteiger partial charge on any atom is -0.322 e. The Morgan fingerprint density at radius 2 is 1.78 bits per heavy atom. The van der Waals surface area contributed by atoms with E-state index in [2.05, 4.69) is 15.2 Å². The molecule has 2 aromatic heterocycles. The lowest BCUT2D eigenvalue weighted by Crippen LogP contribution is -2.49. The summed E-state index contributed by atoms with van der Waals surface area (Å²) in [7, 11) is 0. The van der Waals surface area contributed by atoms with E-state index in [0.717, 1.165) is 30.1 Å². The van der Waals surface area contributed by atoms with Crippen molar-refractivity contribution >= 4 is 22.9 Å². The number of rotatable bonds is 4. The van der Waals surface area contributed by atoms with Gasteiger partial charge in [0, 0.05) is 38.1 Å². The molecule has 162 valence electrons. The molecule has 0 bridgehead atoms. The first-order chi connectivity index (χ1) is 15.7. The molecule has 1 N–H and O–H groups in total. The topological polar surface area (TPSA) is 66.3 Å². The Hall–Kier alpha value is -3.78. The number of hydrogen-bond acceptors (Lipinski definition) is 4. The van der Waals surface area contributed by atoms with Crippen molar-refractivity contribution in [2.24, 2.45) is 0 Å². The zero-order chi connectivity index (χ0) is 21.9. The standard InChI is InChI=1S/C24H23FN6O/c25-18-6-4-9-20(16-18)31-22(28-21-10-5-11-26-23(21)31)17-29-12-14-30(15-13-29)24(32)27-19-7-2-1-3-8-19/h1-11,16H,12-15,17H2,(H,27,32). The number of aromatic nitrogens is 3. The van der Waals surface area contributed by atoms with Gasteiger partial charge in [0.2, 0.25) is 0 Å². The highest BCUT2D eigenvalue weighted by Gasteiger charge is 2.23. The van der Waals surface area contributed by atoms with Crippen molar-refractivity contribution in [3.63, 3.8) is 0 Å². The van der Waals surface area contributed by atoms with Gasteiger partial charge in [-0.05, 0) is 42.5 Å². The summed E-state index contributed by atoms with van der Waals surface area (Å²) in [5.74, 6) is 0.496. The van der Waals surface area contributed by atoms with Crippen molar-refractivity contribution in [3.8, 4) is 5.69 Å². The number of carbonyl (C=O) groups excluding carboxylic acids is 1. The Morgan fingerprint density at radius 3 is 2.56 bits per heavy atom. The first-order valence-electron chi connectivity index (χ1n) is 10.6. The molecule has 0 unspecified atom stereocenters. The van der Waals surface area contributed by atoms with E-state index in [1.807, 2.05) is 58.0 Å². The number of imidazole rings is 1. The summed E-state index contributed by atoms with van der Waals surface area (Å²) in [5.41, 5.74) is 2.96. The van der Waals surface area contributed by atoms with Crippen LogP contribution in [0.25, 0.3) is 16.9 Å². The van der Waals surface area contributed by atoms with Crippen LogP contribution < -0.4 is 5.32 Å². The molecule has 0 atom stereocenters. The predicted octanol–water partition coefficient (Wildman–Crippen LogP) is 3.91. The van der Waals surface area contributed by atoms with Crippen molar-refractivity contribution in [1.82, 2.24) is 24.3 Å². The SMILES string of the molecule is O=C(Nc1ccccc1)N1CCN(Cc2nc3cccnc3n2-c2cccc(F)c2)CC1. The van der Waals surface area contributed by atoms with E-state index >= 15 is 0 Å². The number of fused-ring (bicyclic) bond motifs is 1. The summed E-state index contributed by atoms with van der Waals surface area (Å²) >= 11 is 0. The molecule has 0 spiro atoms. The lowest BCUT2D eigenvalue weighted by molar-refractivity contribution is 0.140. The predicted molar refractivity (Wildman–Crippen MR) is 121 cm³/mol. The summed E-state index contributed by atoms with van der Waals surface area (Å²) in [4.78, 5) is 25.9. The van der Waals surface area contributed by atoms with Gasteiger partial charge >= 0.3 is 6.03 Å². The van der Waals surface area contributed by atoms with Gasteiger partial charge in [0.25, 0.3) is 0 Å². The molecule has 8 heteroatoms. The van der Waals surface area contributed by atoms with Crippen molar-refractivity contribution < 1.29 is 9.18 Å². The lowest BCUT2D eigenvalue weighted by Gasteiger charge is -2.34. The first kappa shape index (κ1) is 20.1. The van der Waals surface area contributed by atoms with Gasteiger partial charge in [0.05, 0.1) is 12.2 Å². The van der Waals surface area contributed by atoms with Crippen LogP contribution in [0.5, 0.6) is 0 Å². The van der Waals surface area contributed by atoms with Gasteiger partial charge < -0.3 is 10.2 Å². The van der Waals surface area contributed by atoms with Crippen molar-refractivity contribution in [3.05, 3.63) is 84.6 Å². The molecular formula is C24H23FN6O. The Bertz CT molecular complexity index is 1230. The third-order valence-corrected chi connectivity index (χ3v) is 5.60. The maximum Gasteiger partial charge on any atom is 0.321 e. The lowest BCUT2D eigenvalue weighted by atomic mass is 10.3. The van der Waals surface area contributed by atoms with Gasteiger partial charge in [-0.15, -0.1) is 0 Å². The second kappa shape index (κ2) is 8.76. The quantitative estimate of drug-likeness (QED) is 0.533. The fourth-order valence-corrected chi connectivity index (χ4v) is 3.98. The van der Waals surface area contributed by atoms with Gasteiger partial charge in [-0.1, -0.05) is 24.3 Å². The van der Waals surface area contributed by atoms with E-state index in [4.69, 9.17) is 4.98 Å². The monoisotopic (exact) mass is 430 g/mol. The smallest absolute Gasteiger partial charge is 0.321 e. The molecule has 32 heavy (non-hydrogen) atoms. The number of urea groups is 1. The Labute approximate surface area is 185 Å². The third kappa shape index (κ3) is 4.17. The molecule has 5 rings (SSSR count). The number of para-hydroxylation sites is 1. The Kier molecular flexibility index (Phi) is 5.51. The molecule has 3 heterocycles. The summed E-state index contributed by atoms with van der Waals surface area (Å²) in [6.45, 7) is 3.28. The van der Waals surface area contributed by atoms with Crippen molar-refractivity contribution in [2.75, 3.05) is 31.5 Å². The number of pyridine rings is 1. The second-order valence-corrected chi connectivity index (χ2v) is 7.75. The van der Waals surface area contributed by atoms with Crippen LogP contribution in [0.2, 0.25) is 0 Å². The van der Waals surface area contributed by atoms with E-state index in [9.17, 15) is 9.18 Å². The summed E-state index contributed by atoms with van der Waals surface area (Å²) in [6.07, 6.45) is 1.72. The molecule has 1 aliphatic heterocycles. The minimum absolute atomic E-state index is 0.0907. The van der Waals surface area contributed by atoms with Crippen LogP contribution in [0.1, 0.15) is 5.82 Å². The molecule has 0 radical (unpaired) electrons. The first-order valence-corrected chi connectivity index (χ1v) is 10.6. The summed E-state index contributed by atoms with van der Waals surface area (Å²) in [5, 5.41) is 2.94. The average Bonchev–Trinajstić information content (AvgIpc) is 3.18. The molecular weight excluding hydrogens is 407 g/mol. The van der Waals surface area contributed by atoms with Crippen LogP contribution in [0.15, 0.2) is 72.9 Å². The molecule has 1 aliphatic rings. The van der Waals surface area contributed by atoms with Gasteiger partial charge in [-0.25, -0.2) is 19.2 Å². The number of amides is 2. The molecule has 2 amide bonds. The zero-order valence-electron chi connectivity index (χ0n) is 17.5. The molecule has 4 aromatic rings. The fourth-order valence-electron chi connectivity index (χ4n) is 3.98. The average molecular weight is 430 g/mol. The van der Waals surface area contributed by atoms with Gasteiger partial charge in [0.1, 0.15) is 17.2 Å². The molecule has 0 saturated carbocycles. The fraction of sp³-hybridized carbons (Fsp3) is 0.208. The van der Waals surface area contributed by atoms with Crippen LogP contribution in [-0.4, -0.2) is 56.5 Å².